The first-order chi connectivity index (χ1) is 6.06. The van der Waals surface area contributed by atoms with Crippen molar-refractivity contribution < 1.29 is 14.6 Å². The van der Waals surface area contributed by atoms with Crippen LogP contribution >= 0.6 is 0 Å². The second kappa shape index (κ2) is 5.58. The van der Waals surface area contributed by atoms with E-state index in [0.29, 0.717) is 6.42 Å². The Balaban J connectivity index is 0.000000671. The van der Waals surface area contributed by atoms with Crippen LogP contribution in [0.25, 0.3) is 0 Å². The molecule has 1 fully saturated rings. The number of hydrogen-bond donors (Lipinski definition) is 1. The van der Waals surface area contributed by atoms with Crippen LogP contribution in [0.5, 0.6) is 0 Å². The first kappa shape index (κ1) is 12.9. The SMILES string of the molecule is CC.COC1(C)CC(C)OC(O)C1. The van der Waals surface area contributed by atoms with Gasteiger partial charge in [0.05, 0.1) is 11.7 Å². The van der Waals surface area contributed by atoms with Gasteiger partial charge in [-0.2, -0.15) is 0 Å². The highest BCUT2D eigenvalue weighted by Crippen LogP contribution is 2.29. The summed E-state index contributed by atoms with van der Waals surface area (Å²) >= 11 is 0. The third kappa shape index (κ3) is 4.07. The molecule has 0 aromatic heterocycles. The predicted octanol–water partition coefficient (Wildman–Crippen LogP) is 1.93. The number of rotatable bonds is 1. The van der Waals surface area contributed by atoms with Gasteiger partial charge in [-0.05, 0) is 13.8 Å². The zero-order valence-electron chi connectivity index (χ0n) is 9.33. The van der Waals surface area contributed by atoms with Gasteiger partial charge in [0.15, 0.2) is 6.29 Å². The highest BCUT2D eigenvalue weighted by Gasteiger charge is 2.35. The lowest BCUT2D eigenvalue weighted by molar-refractivity contribution is -0.215. The quantitative estimate of drug-likeness (QED) is 0.686. The average Bonchev–Trinajstić information content (AvgIpc) is 2.06. The molecular formula is C10H22O3. The molecule has 3 atom stereocenters. The summed E-state index contributed by atoms with van der Waals surface area (Å²) < 4.78 is 10.4. The van der Waals surface area contributed by atoms with Crippen molar-refractivity contribution in [2.75, 3.05) is 7.11 Å². The molecule has 13 heavy (non-hydrogen) atoms. The third-order valence-electron chi connectivity index (χ3n) is 2.21. The van der Waals surface area contributed by atoms with E-state index < -0.39 is 6.29 Å². The molecule has 0 bridgehead atoms. The van der Waals surface area contributed by atoms with Crippen molar-refractivity contribution in [3.8, 4) is 0 Å². The van der Waals surface area contributed by atoms with Crippen LogP contribution in [0.4, 0.5) is 0 Å². The first-order valence-corrected chi connectivity index (χ1v) is 4.94. The predicted molar refractivity (Wildman–Crippen MR) is 52.5 cm³/mol. The second-order valence-electron chi connectivity index (χ2n) is 3.46. The molecule has 0 aliphatic carbocycles. The van der Waals surface area contributed by atoms with E-state index in [1.807, 2.05) is 27.7 Å². The topological polar surface area (TPSA) is 38.7 Å². The van der Waals surface area contributed by atoms with Gasteiger partial charge in [0.25, 0.3) is 0 Å². The van der Waals surface area contributed by atoms with E-state index in [-0.39, 0.29) is 11.7 Å². The molecule has 0 radical (unpaired) electrons. The summed E-state index contributed by atoms with van der Waals surface area (Å²) in [7, 11) is 1.67. The Morgan fingerprint density at radius 1 is 1.38 bits per heavy atom. The molecular weight excluding hydrogens is 168 g/mol. The van der Waals surface area contributed by atoms with Crippen molar-refractivity contribution in [3.05, 3.63) is 0 Å². The van der Waals surface area contributed by atoms with E-state index in [0.717, 1.165) is 6.42 Å². The van der Waals surface area contributed by atoms with E-state index in [1.165, 1.54) is 0 Å². The highest BCUT2D eigenvalue weighted by molar-refractivity contribution is 4.82. The minimum atomic E-state index is -0.663. The lowest BCUT2D eigenvalue weighted by Crippen LogP contribution is -2.43. The Kier molecular flexibility index (Phi) is 5.53. The molecule has 0 aromatic rings. The van der Waals surface area contributed by atoms with Crippen LogP contribution in [-0.2, 0) is 9.47 Å². The number of aliphatic hydroxyl groups excluding tert-OH is 1. The molecule has 3 nitrogen and oxygen atoms in total. The van der Waals surface area contributed by atoms with Crippen LogP contribution in [0.1, 0.15) is 40.5 Å². The largest absolute Gasteiger partial charge is 0.378 e. The standard InChI is InChI=1S/C8H16O3.C2H6/c1-6-4-8(2,10-3)5-7(9)11-6;1-2/h6-7,9H,4-5H2,1-3H3;1-2H3. The molecule has 1 N–H and O–H groups in total. The van der Waals surface area contributed by atoms with Crippen LogP contribution in [0.3, 0.4) is 0 Å². The summed E-state index contributed by atoms with van der Waals surface area (Å²) in [4.78, 5) is 0. The second-order valence-corrected chi connectivity index (χ2v) is 3.46. The normalized spacial score (nSPS) is 39.2. The Hall–Kier alpha value is -0.120. The van der Waals surface area contributed by atoms with Crippen molar-refractivity contribution >= 4 is 0 Å². The van der Waals surface area contributed by atoms with Gasteiger partial charge in [-0.15, -0.1) is 0 Å². The van der Waals surface area contributed by atoms with Crippen LogP contribution in [-0.4, -0.2) is 30.2 Å². The summed E-state index contributed by atoms with van der Waals surface area (Å²) in [6, 6.07) is 0. The van der Waals surface area contributed by atoms with Gasteiger partial charge in [-0.3, -0.25) is 0 Å². The van der Waals surface area contributed by atoms with Gasteiger partial charge in [-0.1, -0.05) is 13.8 Å². The van der Waals surface area contributed by atoms with Crippen molar-refractivity contribution in [1.82, 2.24) is 0 Å². The molecule has 0 spiro atoms. The molecule has 1 rings (SSSR count). The smallest absolute Gasteiger partial charge is 0.157 e. The molecule has 0 amide bonds. The monoisotopic (exact) mass is 190 g/mol. The lowest BCUT2D eigenvalue weighted by Gasteiger charge is -2.38. The van der Waals surface area contributed by atoms with E-state index in [9.17, 15) is 5.11 Å². The molecule has 1 heterocycles. The van der Waals surface area contributed by atoms with E-state index in [2.05, 4.69) is 0 Å². The number of methoxy groups -OCH3 is 1. The summed E-state index contributed by atoms with van der Waals surface area (Å²) in [5, 5.41) is 9.24. The van der Waals surface area contributed by atoms with Crippen molar-refractivity contribution in [2.24, 2.45) is 0 Å². The molecule has 3 heteroatoms. The maximum atomic E-state index is 9.24. The van der Waals surface area contributed by atoms with Gasteiger partial charge in [0.2, 0.25) is 0 Å². The van der Waals surface area contributed by atoms with Crippen LogP contribution < -0.4 is 0 Å². The minimum absolute atomic E-state index is 0.0868. The number of hydrogen-bond acceptors (Lipinski definition) is 3. The van der Waals surface area contributed by atoms with E-state index >= 15 is 0 Å². The van der Waals surface area contributed by atoms with Gasteiger partial charge >= 0.3 is 0 Å². The zero-order valence-corrected chi connectivity index (χ0v) is 9.33. The summed E-state index contributed by atoms with van der Waals surface area (Å²) in [6.45, 7) is 7.94. The number of ether oxygens (including phenoxy) is 2. The Bertz CT molecular complexity index is 126. The maximum Gasteiger partial charge on any atom is 0.157 e. The molecule has 80 valence electrons. The Morgan fingerprint density at radius 2 is 1.92 bits per heavy atom. The summed E-state index contributed by atoms with van der Waals surface area (Å²) in [5.41, 5.74) is -0.211. The molecule has 1 aliphatic rings. The molecule has 1 aliphatic heterocycles. The van der Waals surface area contributed by atoms with Crippen LogP contribution in [0.15, 0.2) is 0 Å². The lowest BCUT2D eigenvalue weighted by atomic mass is 9.92. The molecule has 1 saturated heterocycles. The van der Waals surface area contributed by atoms with Crippen LogP contribution in [0.2, 0.25) is 0 Å². The molecule has 0 aromatic carbocycles. The number of aliphatic hydroxyl groups is 1. The van der Waals surface area contributed by atoms with Crippen molar-refractivity contribution in [1.29, 1.82) is 0 Å². The third-order valence-corrected chi connectivity index (χ3v) is 2.21. The fraction of sp³-hybridized carbons (Fsp3) is 1.00. The van der Waals surface area contributed by atoms with Gasteiger partial charge in [-0.25, -0.2) is 0 Å². The van der Waals surface area contributed by atoms with Crippen LogP contribution in [0, 0.1) is 0 Å². The first-order valence-electron chi connectivity index (χ1n) is 4.94. The van der Waals surface area contributed by atoms with Crippen molar-refractivity contribution in [2.45, 2.75) is 58.5 Å². The van der Waals surface area contributed by atoms with E-state index in [1.54, 1.807) is 7.11 Å². The van der Waals surface area contributed by atoms with E-state index in [4.69, 9.17) is 9.47 Å². The van der Waals surface area contributed by atoms with Gasteiger partial charge in [0, 0.05) is 20.0 Å². The average molecular weight is 190 g/mol. The van der Waals surface area contributed by atoms with Crippen molar-refractivity contribution in [3.63, 3.8) is 0 Å². The minimum Gasteiger partial charge on any atom is -0.378 e. The Morgan fingerprint density at radius 3 is 2.31 bits per heavy atom. The summed E-state index contributed by atoms with van der Waals surface area (Å²) in [5.74, 6) is 0. The maximum absolute atomic E-state index is 9.24. The Labute approximate surface area is 81.0 Å². The van der Waals surface area contributed by atoms with Gasteiger partial charge < -0.3 is 14.6 Å². The summed E-state index contributed by atoms with van der Waals surface area (Å²) in [6.07, 6.45) is 0.835. The van der Waals surface area contributed by atoms with Gasteiger partial charge in [0.1, 0.15) is 0 Å². The molecule has 0 saturated carbocycles. The highest BCUT2D eigenvalue weighted by atomic mass is 16.6. The fourth-order valence-corrected chi connectivity index (χ4v) is 1.59. The molecule has 3 unspecified atom stereocenters. The zero-order chi connectivity index (χ0) is 10.5. The fourth-order valence-electron chi connectivity index (χ4n) is 1.59.